The van der Waals surface area contributed by atoms with Gasteiger partial charge in [0, 0.05) is 13.9 Å². The van der Waals surface area contributed by atoms with Crippen LogP contribution in [0.25, 0.3) is 0 Å². The normalized spacial score (nSPS) is 12.6. The Morgan fingerprint density at radius 1 is 1.47 bits per heavy atom. The molecule has 0 aliphatic carbocycles. The predicted octanol–water partition coefficient (Wildman–Crippen LogP) is 0.00930. The summed E-state index contributed by atoms with van der Waals surface area (Å²) >= 11 is 0. The van der Waals surface area contributed by atoms with Crippen molar-refractivity contribution in [2.45, 2.75) is 18.9 Å². The summed E-state index contributed by atoms with van der Waals surface area (Å²) in [4.78, 5) is 22.4. The lowest BCUT2D eigenvalue weighted by Gasteiger charge is -2.14. The van der Waals surface area contributed by atoms with Gasteiger partial charge in [-0.2, -0.15) is 0 Å². The Balaban J connectivity index is 3.90. The Labute approximate surface area is 95.2 Å². The van der Waals surface area contributed by atoms with Crippen molar-refractivity contribution in [2.75, 3.05) is 13.7 Å². The van der Waals surface area contributed by atoms with Crippen molar-refractivity contribution in [1.82, 2.24) is 10.4 Å². The third kappa shape index (κ3) is 7.27. The summed E-state index contributed by atoms with van der Waals surface area (Å²) in [6.07, 6.45) is 0.680. The van der Waals surface area contributed by atoms with Gasteiger partial charge in [0.25, 0.3) is 0 Å². The van der Waals surface area contributed by atoms with E-state index in [9.17, 15) is 9.59 Å². The van der Waals surface area contributed by atoms with Gasteiger partial charge in [0.05, 0.1) is 6.04 Å². The smallest absolute Gasteiger partial charge is 0.223 e. The van der Waals surface area contributed by atoms with E-state index >= 15 is 0 Å². The molecule has 8 heteroatoms. The second kappa shape index (κ2) is 8.50. The van der Waals surface area contributed by atoms with Gasteiger partial charge in [0.2, 0.25) is 5.91 Å². The summed E-state index contributed by atoms with van der Waals surface area (Å²) in [5.74, 6) is -0.374. The number of rotatable bonds is 7. The van der Waals surface area contributed by atoms with Gasteiger partial charge in [-0.1, -0.05) is 17.9 Å². The van der Waals surface area contributed by atoms with E-state index in [1.807, 2.05) is 0 Å². The molecule has 5 nitrogen and oxygen atoms in total. The number of carbonyl (C=O) groups is 2. The molecular formula is C7H17N2O3P3. The van der Waals surface area contributed by atoms with E-state index < -0.39 is 20.1 Å². The number of aliphatic hydroxyl groups is 1. The first-order valence-electron chi connectivity index (χ1n) is 4.41. The van der Waals surface area contributed by atoms with Crippen molar-refractivity contribution in [3.05, 3.63) is 0 Å². The quantitative estimate of drug-likeness (QED) is 0.569. The molecule has 1 amide bonds. The predicted molar refractivity (Wildman–Crippen MR) is 68.7 cm³/mol. The van der Waals surface area contributed by atoms with Crippen LogP contribution in [0.15, 0.2) is 0 Å². The highest BCUT2D eigenvalue weighted by Gasteiger charge is 2.16. The number of likely N-dealkylation sites (N-methyl/N-ethyl adjacent to an activating group) is 1. The van der Waals surface area contributed by atoms with E-state index in [2.05, 4.69) is 28.3 Å². The second-order valence-corrected chi connectivity index (χ2v) is 9.11. The van der Waals surface area contributed by atoms with Gasteiger partial charge >= 0.3 is 0 Å². The van der Waals surface area contributed by atoms with E-state index in [4.69, 9.17) is 5.11 Å². The molecule has 0 fully saturated rings. The molecule has 0 aromatic heterocycles. The van der Waals surface area contributed by atoms with E-state index in [0.717, 1.165) is 0 Å². The van der Waals surface area contributed by atoms with Gasteiger partial charge in [0.1, 0.15) is 6.61 Å². The third-order valence-electron chi connectivity index (χ3n) is 1.81. The number of ketones is 1. The molecule has 0 aliphatic heterocycles. The molecule has 88 valence electrons. The zero-order valence-electron chi connectivity index (χ0n) is 8.56. The highest BCUT2D eigenvalue weighted by molar-refractivity contribution is 8.42. The maximum absolute atomic E-state index is 11.3. The standard InChI is InChI=1S/C7H17N2O3P3/c1-8-5(6(11)4-10)2-3-7(12)9-15(13)14/h5,8,10H,2-4,13-14H2,1H3,(H,9,12). The van der Waals surface area contributed by atoms with Crippen LogP contribution >= 0.6 is 25.3 Å². The minimum absolute atomic E-state index is 0.0860. The first-order chi connectivity index (χ1) is 7.01. The summed E-state index contributed by atoms with van der Waals surface area (Å²) in [6.45, 7) is -0.493. The lowest BCUT2D eigenvalue weighted by Crippen LogP contribution is -2.36. The third-order valence-corrected chi connectivity index (χ3v) is 3.09. The average Bonchev–Trinajstić information content (AvgIpc) is 2.17. The summed E-state index contributed by atoms with van der Waals surface area (Å²) in [7, 11) is 6.00. The number of hydrogen-bond acceptors (Lipinski definition) is 4. The number of Topliss-reactive ketones (excluding diaryl/α,β-unsaturated/α-hetero) is 1. The highest BCUT2D eigenvalue weighted by Crippen LogP contribution is 2.48. The number of hydrogen-bond donors (Lipinski definition) is 3. The first-order valence-corrected chi connectivity index (χ1v) is 8.99. The second-order valence-electron chi connectivity index (χ2n) is 2.95. The Morgan fingerprint density at radius 2 is 2.07 bits per heavy atom. The molecule has 0 saturated carbocycles. The fourth-order valence-corrected chi connectivity index (χ4v) is 2.32. The van der Waals surface area contributed by atoms with Crippen LogP contribution in [0.1, 0.15) is 12.8 Å². The van der Waals surface area contributed by atoms with Crippen molar-refractivity contribution in [3.8, 4) is 0 Å². The molecule has 3 atom stereocenters. The van der Waals surface area contributed by atoms with Gasteiger partial charge in [-0.05, 0) is 13.5 Å². The number of carbonyl (C=O) groups excluding carboxylic acids is 2. The van der Waals surface area contributed by atoms with Crippen molar-refractivity contribution >= 4 is 37.0 Å². The summed E-state index contributed by atoms with van der Waals surface area (Å²) < 4.78 is 0. The van der Waals surface area contributed by atoms with Crippen LogP contribution in [-0.4, -0.2) is 36.5 Å². The fraction of sp³-hybridized carbons (Fsp3) is 0.714. The summed E-state index contributed by atoms with van der Waals surface area (Å²) in [5.41, 5.74) is 0. The van der Waals surface area contributed by atoms with Crippen molar-refractivity contribution < 1.29 is 14.7 Å². The molecule has 0 saturated heterocycles. The molecule has 15 heavy (non-hydrogen) atoms. The fourth-order valence-electron chi connectivity index (χ4n) is 1.05. The zero-order valence-corrected chi connectivity index (χ0v) is 11.8. The van der Waals surface area contributed by atoms with E-state index in [-0.39, 0.29) is 18.1 Å². The Hall–Kier alpha value is 0.350. The van der Waals surface area contributed by atoms with Crippen molar-refractivity contribution in [3.63, 3.8) is 0 Å². The lowest BCUT2D eigenvalue weighted by atomic mass is 10.1. The Kier molecular flexibility index (Phi) is 8.69. The minimum atomic E-state index is -0.615. The van der Waals surface area contributed by atoms with Crippen LogP contribution in [-0.2, 0) is 9.59 Å². The van der Waals surface area contributed by atoms with Gasteiger partial charge < -0.3 is 15.5 Å². The summed E-state index contributed by atoms with van der Waals surface area (Å²) in [6, 6.07) is -0.444. The van der Waals surface area contributed by atoms with E-state index in [1.54, 1.807) is 7.05 Å². The maximum atomic E-state index is 11.3. The Bertz CT molecular complexity index is 226. The molecular weight excluding hydrogens is 253 g/mol. The Morgan fingerprint density at radius 3 is 2.47 bits per heavy atom. The van der Waals surface area contributed by atoms with Crippen LogP contribution < -0.4 is 10.4 Å². The van der Waals surface area contributed by atoms with Crippen LogP contribution in [0.5, 0.6) is 0 Å². The molecule has 0 heterocycles. The zero-order chi connectivity index (χ0) is 11.8. The monoisotopic (exact) mass is 270 g/mol. The molecule has 0 aromatic carbocycles. The molecule has 0 aliphatic rings. The number of aliphatic hydroxyl groups excluding tert-OH is 1. The van der Waals surface area contributed by atoms with Gasteiger partial charge in [-0.25, -0.2) is 0 Å². The maximum Gasteiger partial charge on any atom is 0.223 e. The SMILES string of the molecule is CNC(CCC(=O)NP(P)P)C(=O)CO. The first kappa shape index (κ1) is 15.3. The van der Waals surface area contributed by atoms with Crippen molar-refractivity contribution in [1.29, 1.82) is 0 Å². The lowest BCUT2D eigenvalue weighted by molar-refractivity contribution is -0.124. The molecule has 0 rings (SSSR count). The number of amides is 1. The van der Waals surface area contributed by atoms with E-state index in [1.165, 1.54) is 0 Å². The van der Waals surface area contributed by atoms with Crippen LogP contribution in [0.4, 0.5) is 0 Å². The van der Waals surface area contributed by atoms with Gasteiger partial charge in [0.15, 0.2) is 5.78 Å². The van der Waals surface area contributed by atoms with Gasteiger partial charge in [-0.15, -0.1) is 0 Å². The van der Waals surface area contributed by atoms with Crippen LogP contribution in [0.3, 0.4) is 0 Å². The molecule has 0 aromatic rings. The molecule has 0 bridgehead atoms. The number of nitrogens with one attached hydrogen (secondary N) is 2. The topological polar surface area (TPSA) is 78.4 Å². The van der Waals surface area contributed by atoms with Crippen molar-refractivity contribution in [2.24, 2.45) is 0 Å². The highest BCUT2D eigenvalue weighted by atomic mass is 32.4. The van der Waals surface area contributed by atoms with E-state index in [0.29, 0.717) is 6.42 Å². The summed E-state index contributed by atoms with van der Waals surface area (Å²) in [5, 5.41) is 14.1. The van der Waals surface area contributed by atoms with Crippen LogP contribution in [0.2, 0.25) is 0 Å². The van der Waals surface area contributed by atoms with Gasteiger partial charge in [-0.3, -0.25) is 9.59 Å². The molecule has 3 N–H and O–H groups in total. The molecule has 0 radical (unpaired) electrons. The largest absolute Gasteiger partial charge is 0.389 e. The average molecular weight is 270 g/mol. The molecule has 0 spiro atoms. The molecule has 3 unspecified atom stereocenters. The minimum Gasteiger partial charge on any atom is -0.389 e. The van der Waals surface area contributed by atoms with Crippen LogP contribution in [0, 0.1) is 0 Å².